The van der Waals surface area contributed by atoms with Crippen LogP contribution in [0.2, 0.25) is 0 Å². The summed E-state index contributed by atoms with van der Waals surface area (Å²) in [5.74, 6) is -1.19. The molecule has 0 radical (unpaired) electrons. The van der Waals surface area contributed by atoms with Gasteiger partial charge in [-0.3, -0.25) is 4.79 Å². The average Bonchev–Trinajstić information content (AvgIpc) is 2.72. The van der Waals surface area contributed by atoms with Crippen LogP contribution in [0.3, 0.4) is 0 Å². The molecule has 1 unspecified atom stereocenters. The maximum atomic E-state index is 13.3. The molecular weight excluding hydrogens is 458 g/mol. The van der Waals surface area contributed by atoms with Crippen molar-refractivity contribution in [3.63, 3.8) is 0 Å². The Hall–Kier alpha value is -2.29. The zero-order valence-corrected chi connectivity index (χ0v) is 19.9. The van der Waals surface area contributed by atoms with Crippen LogP contribution in [0.4, 0.5) is 0 Å². The van der Waals surface area contributed by atoms with Crippen LogP contribution in [0.25, 0.3) is 0 Å². The predicted octanol–water partition coefficient (Wildman–Crippen LogP) is 2.95. The maximum Gasteiger partial charge on any atom is 0.340 e. The fourth-order valence-corrected chi connectivity index (χ4v) is 2.96. The minimum atomic E-state index is -1.54. The highest BCUT2D eigenvalue weighted by Gasteiger charge is 2.41. The van der Waals surface area contributed by atoms with Gasteiger partial charge in [0.1, 0.15) is 11.5 Å². The van der Waals surface area contributed by atoms with Gasteiger partial charge in [-0.25, -0.2) is 9.59 Å². The Morgan fingerprint density at radius 3 is 2.00 bits per heavy atom. The standard InChI is InChI=1S/C21H30BrNO7/c1-7-29-20(25)18(21(26)30-8-2)23(19(24)17(22)13(3)4)12-14-9-10-15(27-5)11-16(14)28-6/h9-11,13,17-18H,7-8,12H2,1-6H3. The lowest BCUT2D eigenvalue weighted by atomic mass is 10.1. The second-order valence-corrected chi connectivity index (χ2v) is 7.68. The molecule has 8 nitrogen and oxygen atoms in total. The number of nitrogens with zero attached hydrogens (tertiary/aromatic N) is 1. The van der Waals surface area contributed by atoms with Gasteiger partial charge < -0.3 is 23.8 Å². The highest BCUT2D eigenvalue weighted by Crippen LogP contribution is 2.28. The molecule has 1 atom stereocenters. The van der Waals surface area contributed by atoms with E-state index in [1.165, 1.54) is 19.1 Å². The molecule has 0 aliphatic carbocycles. The molecule has 0 fully saturated rings. The predicted molar refractivity (Wildman–Crippen MR) is 115 cm³/mol. The molecule has 1 rings (SSSR count). The van der Waals surface area contributed by atoms with Crippen molar-refractivity contribution in [2.24, 2.45) is 5.92 Å². The molecule has 1 aromatic rings. The van der Waals surface area contributed by atoms with Gasteiger partial charge in [0, 0.05) is 11.6 Å². The van der Waals surface area contributed by atoms with Crippen molar-refractivity contribution in [2.45, 2.75) is 45.1 Å². The van der Waals surface area contributed by atoms with Crippen molar-refractivity contribution in [1.29, 1.82) is 0 Å². The van der Waals surface area contributed by atoms with E-state index in [2.05, 4.69) is 15.9 Å². The normalized spacial score (nSPS) is 11.8. The van der Waals surface area contributed by atoms with E-state index >= 15 is 0 Å². The molecule has 1 amide bonds. The lowest BCUT2D eigenvalue weighted by Crippen LogP contribution is -2.53. The summed E-state index contributed by atoms with van der Waals surface area (Å²) in [6, 6.07) is 3.54. The Labute approximate surface area is 185 Å². The lowest BCUT2D eigenvalue weighted by molar-refractivity contribution is -0.168. The minimum Gasteiger partial charge on any atom is -0.497 e. The van der Waals surface area contributed by atoms with Crippen molar-refractivity contribution in [1.82, 2.24) is 4.90 Å². The summed E-state index contributed by atoms with van der Waals surface area (Å²) in [6.45, 7) is 7.01. The van der Waals surface area contributed by atoms with Crippen LogP contribution < -0.4 is 9.47 Å². The van der Waals surface area contributed by atoms with Crippen molar-refractivity contribution in [3.05, 3.63) is 23.8 Å². The molecule has 0 spiro atoms. The maximum absolute atomic E-state index is 13.3. The molecule has 0 saturated heterocycles. The number of methoxy groups -OCH3 is 2. The Balaban J connectivity index is 3.47. The summed E-state index contributed by atoms with van der Waals surface area (Å²) in [7, 11) is 3.01. The first-order chi connectivity index (χ1) is 14.2. The molecule has 0 bridgehead atoms. The van der Waals surface area contributed by atoms with E-state index in [1.54, 1.807) is 32.0 Å². The summed E-state index contributed by atoms with van der Waals surface area (Å²) in [4.78, 5) is 39.1. The van der Waals surface area contributed by atoms with Gasteiger partial charge in [0.2, 0.25) is 11.9 Å². The highest BCUT2D eigenvalue weighted by molar-refractivity contribution is 9.10. The van der Waals surface area contributed by atoms with Gasteiger partial charge in [-0.2, -0.15) is 0 Å². The lowest BCUT2D eigenvalue weighted by Gasteiger charge is -2.31. The molecule has 0 saturated carbocycles. The van der Waals surface area contributed by atoms with Gasteiger partial charge in [0.25, 0.3) is 0 Å². The second kappa shape index (κ2) is 12.4. The molecular formula is C21H30BrNO7. The zero-order chi connectivity index (χ0) is 22.8. The van der Waals surface area contributed by atoms with Crippen LogP contribution >= 0.6 is 15.9 Å². The van der Waals surface area contributed by atoms with E-state index in [4.69, 9.17) is 18.9 Å². The second-order valence-electron chi connectivity index (χ2n) is 6.70. The summed E-state index contributed by atoms with van der Waals surface area (Å²) in [6.07, 6.45) is 0. The van der Waals surface area contributed by atoms with Gasteiger partial charge in [-0.15, -0.1) is 0 Å². The van der Waals surface area contributed by atoms with E-state index < -0.39 is 28.7 Å². The van der Waals surface area contributed by atoms with Gasteiger partial charge in [0.15, 0.2) is 0 Å². The van der Waals surface area contributed by atoms with Crippen LogP contribution in [0.5, 0.6) is 11.5 Å². The fourth-order valence-electron chi connectivity index (χ4n) is 2.70. The van der Waals surface area contributed by atoms with Crippen LogP contribution in [-0.2, 0) is 30.4 Å². The van der Waals surface area contributed by atoms with E-state index in [1.807, 2.05) is 13.8 Å². The number of halogens is 1. The van der Waals surface area contributed by atoms with Gasteiger partial charge in [0.05, 0.1) is 38.8 Å². The highest BCUT2D eigenvalue weighted by atomic mass is 79.9. The summed E-state index contributed by atoms with van der Waals surface area (Å²) in [5, 5.41) is 0. The first-order valence-electron chi connectivity index (χ1n) is 9.70. The van der Waals surface area contributed by atoms with Gasteiger partial charge in [-0.05, 0) is 31.9 Å². The van der Waals surface area contributed by atoms with Crippen molar-refractivity contribution < 1.29 is 33.3 Å². The number of hydrogen-bond donors (Lipinski definition) is 0. The first kappa shape index (κ1) is 25.7. The largest absolute Gasteiger partial charge is 0.497 e. The van der Waals surface area contributed by atoms with E-state index in [0.717, 1.165) is 0 Å². The average molecular weight is 488 g/mol. The Bertz CT molecular complexity index is 720. The van der Waals surface area contributed by atoms with Crippen molar-refractivity contribution >= 4 is 33.8 Å². The summed E-state index contributed by atoms with van der Waals surface area (Å²) >= 11 is 3.38. The zero-order valence-electron chi connectivity index (χ0n) is 18.3. The van der Waals surface area contributed by atoms with E-state index in [0.29, 0.717) is 17.1 Å². The van der Waals surface area contributed by atoms with Crippen molar-refractivity contribution in [3.8, 4) is 11.5 Å². The number of carbonyl (C=O) groups is 3. The number of rotatable bonds is 11. The minimum absolute atomic E-state index is 0.0601. The van der Waals surface area contributed by atoms with Gasteiger partial charge >= 0.3 is 11.9 Å². The molecule has 30 heavy (non-hydrogen) atoms. The third-order valence-electron chi connectivity index (χ3n) is 4.27. The summed E-state index contributed by atoms with van der Waals surface area (Å²) in [5.41, 5.74) is 0.591. The number of hydrogen-bond acceptors (Lipinski definition) is 7. The Morgan fingerprint density at radius 1 is 1.00 bits per heavy atom. The van der Waals surface area contributed by atoms with Crippen LogP contribution in [0.1, 0.15) is 33.3 Å². The summed E-state index contributed by atoms with van der Waals surface area (Å²) < 4.78 is 20.8. The molecule has 168 valence electrons. The van der Waals surface area contributed by atoms with Crippen LogP contribution in [0, 0.1) is 5.92 Å². The fraction of sp³-hybridized carbons (Fsp3) is 0.571. The molecule has 0 aliphatic heterocycles. The molecule has 1 aromatic carbocycles. The number of esters is 2. The van der Waals surface area contributed by atoms with Crippen LogP contribution in [0.15, 0.2) is 18.2 Å². The quantitative estimate of drug-likeness (QED) is 0.269. The number of amides is 1. The third-order valence-corrected chi connectivity index (χ3v) is 5.72. The Kier molecular flexibility index (Phi) is 10.7. The van der Waals surface area contributed by atoms with Crippen LogP contribution in [-0.4, -0.2) is 61.0 Å². The molecule has 0 N–H and O–H groups in total. The Morgan fingerprint density at radius 2 is 1.57 bits per heavy atom. The van der Waals surface area contributed by atoms with E-state index in [9.17, 15) is 14.4 Å². The first-order valence-corrected chi connectivity index (χ1v) is 10.6. The molecule has 0 aliphatic rings. The monoisotopic (exact) mass is 487 g/mol. The smallest absolute Gasteiger partial charge is 0.340 e. The number of carbonyl (C=O) groups excluding carboxylic acids is 3. The SMILES string of the molecule is CCOC(=O)C(C(=O)OCC)N(Cc1ccc(OC)cc1OC)C(=O)C(Br)C(C)C. The number of ether oxygens (including phenoxy) is 4. The number of benzene rings is 1. The number of alkyl halides is 1. The van der Waals surface area contributed by atoms with Gasteiger partial charge in [-0.1, -0.05) is 29.8 Å². The molecule has 9 heteroatoms. The van der Waals surface area contributed by atoms with E-state index in [-0.39, 0.29) is 25.7 Å². The third kappa shape index (κ3) is 6.62. The molecule has 0 aromatic heterocycles. The van der Waals surface area contributed by atoms with Crippen molar-refractivity contribution in [2.75, 3.05) is 27.4 Å². The molecule has 0 heterocycles. The topological polar surface area (TPSA) is 91.4 Å².